The van der Waals surface area contributed by atoms with Gasteiger partial charge in [0.2, 0.25) is 0 Å². The molecule has 1 saturated carbocycles. The molecule has 1 aromatic rings. The number of hydrogen-bond acceptors (Lipinski definition) is 3. The molecule has 0 spiro atoms. The summed E-state index contributed by atoms with van der Waals surface area (Å²) in [5.41, 5.74) is 6.40. The lowest BCUT2D eigenvalue weighted by atomic mass is 10.2. The highest BCUT2D eigenvalue weighted by molar-refractivity contribution is 9.10. The van der Waals surface area contributed by atoms with Gasteiger partial charge in [-0.1, -0.05) is 15.9 Å². The first-order valence-corrected chi connectivity index (χ1v) is 6.10. The molecule has 0 amide bonds. The minimum Gasteiger partial charge on any atom is -0.489 e. The van der Waals surface area contributed by atoms with Crippen molar-refractivity contribution in [2.75, 3.05) is 0 Å². The molecule has 4 heteroatoms. The van der Waals surface area contributed by atoms with Gasteiger partial charge in [0, 0.05) is 10.5 Å². The SMILES string of the molecule is N#Cc1ccc(Br)cc1OC1CCC(N)C1. The van der Waals surface area contributed by atoms with Crippen LogP contribution in [0.3, 0.4) is 0 Å². The maximum Gasteiger partial charge on any atom is 0.138 e. The molecule has 0 aliphatic heterocycles. The van der Waals surface area contributed by atoms with E-state index in [1.807, 2.05) is 12.1 Å². The van der Waals surface area contributed by atoms with E-state index in [2.05, 4.69) is 22.0 Å². The molecule has 1 aromatic carbocycles. The Kier molecular flexibility index (Phi) is 3.47. The lowest BCUT2D eigenvalue weighted by molar-refractivity contribution is 0.207. The van der Waals surface area contributed by atoms with Crippen LogP contribution in [0.5, 0.6) is 5.75 Å². The Bertz CT molecular complexity index is 428. The molecule has 1 aliphatic carbocycles. The quantitative estimate of drug-likeness (QED) is 0.906. The van der Waals surface area contributed by atoms with Crippen molar-refractivity contribution in [1.29, 1.82) is 5.26 Å². The highest BCUT2D eigenvalue weighted by Gasteiger charge is 2.23. The molecule has 0 heterocycles. The second kappa shape index (κ2) is 4.86. The first-order chi connectivity index (χ1) is 7.69. The summed E-state index contributed by atoms with van der Waals surface area (Å²) >= 11 is 3.37. The lowest BCUT2D eigenvalue weighted by Crippen LogP contribution is -2.19. The number of halogens is 1. The highest BCUT2D eigenvalue weighted by atomic mass is 79.9. The molecule has 1 fully saturated rings. The highest BCUT2D eigenvalue weighted by Crippen LogP contribution is 2.28. The predicted molar refractivity (Wildman–Crippen MR) is 65.1 cm³/mol. The fourth-order valence-electron chi connectivity index (χ4n) is 1.95. The van der Waals surface area contributed by atoms with E-state index in [4.69, 9.17) is 15.7 Å². The number of nitrogens with two attached hydrogens (primary N) is 1. The topological polar surface area (TPSA) is 59.0 Å². The van der Waals surface area contributed by atoms with Crippen LogP contribution in [0.4, 0.5) is 0 Å². The molecule has 0 radical (unpaired) electrons. The summed E-state index contributed by atoms with van der Waals surface area (Å²) in [6.45, 7) is 0. The minimum atomic E-state index is 0.149. The molecule has 16 heavy (non-hydrogen) atoms. The van der Waals surface area contributed by atoms with Crippen molar-refractivity contribution in [2.24, 2.45) is 5.73 Å². The van der Waals surface area contributed by atoms with Crippen molar-refractivity contribution in [3.05, 3.63) is 28.2 Å². The molecule has 84 valence electrons. The summed E-state index contributed by atoms with van der Waals surface area (Å²) in [6, 6.07) is 7.80. The minimum absolute atomic E-state index is 0.149. The Balaban J connectivity index is 2.14. The average molecular weight is 281 g/mol. The van der Waals surface area contributed by atoms with E-state index >= 15 is 0 Å². The molecule has 2 N–H and O–H groups in total. The van der Waals surface area contributed by atoms with E-state index in [-0.39, 0.29) is 12.1 Å². The van der Waals surface area contributed by atoms with Crippen LogP contribution in [0.15, 0.2) is 22.7 Å². The van der Waals surface area contributed by atoms with Gasteiger partial charge in [-0.25, -0.2) is 0 Å². The summed E-state index contributed by atoms with van der Waals surface area (Å²) in [6.07, 6.45) is 2.99. The third-order valence-corrected chi connectivity index (χ3v) is 3.28. The van der Waals surface area contributed by atoms with E-state index in [1.165, 1.54) is 0 Å². The van der Waals surface area contributed by atoms with Crippen molar-refractivity contribution in [1.82, 2.24) is 0 Å². The Morgan fingerprint density at radius 2 is 2.25 bits per heavy atom. The summed E-state index contributed by atoms with van der Waals surface area (Å²) in [7, 11) is 0. The summed E-state index contributed by atoms with van der Waals surface area (Å²) in [4.78, 5) is 0. The van der Waals surface area contributed by atoms with Crippen LogP contribution in [-0.2, 0) is 0 Å². The molecule has 0 saturated heterocycles. The number of hydrogen-bond donors (Lipinski definition) is 1. The van der Waals surface area contributed by atoms with Crippen LogP contribution in [0.25, 0.3) is 0 Å². The zero-order valence-corrected chi connectivity index (χ0v) is 10.4. The van der Waals surface area contributed by atoms with Crippen LogP contribution in [0, 0.1) is 11.3 Å². The fraction of sp³-hybridized carbons (Fsp3) is 0.417. The smallest absolute Gasteiger partial charge is 0.138 e. The van der Waals surface area contributed by atoms with Gasteiger partial charge in [-0.3, -0.25) is 0 Å². The van der Waals surface area contributed by atoms with Gasteiger partial charge >= 0.3 is 0 Å². The van der Waals surface area contributed by atoms with Gasteiger partial charge in [0.25, 0.3) is 0 Å². The van der Waals surface area contributed by atoms with Gasteiger partial charge in [0.1, 0.15) is 17.9 Å². The first-order valence-electron chi connectivity index (χ1n) is 5.31. The fourth-order valence-corrected chi connectivity index (χ4v) is 2.29. The Morgan fingerprint density at radius 1 is 1.44 bits per heavy atom. The third-order valence-electron chi connectivity index (χ3n) is 2.78. The van der Waals surface area contributed by atoms with E-state index in [9.17, 15) is 0 Å². The summed E-state index contributed by atoms with van der Waals surface area (Å²) in [5.74, 6) is 0.649. The van der Waals surface area contributed by atoms with Gasteiger partial charge in [0.15, 0.2) is 0 Å². The zero-order chi connectivity index (χ0) is 11.5. The Labute approximate surface area is 103 Å². The van der Waals surface area contributed by atoms with E-state index in [1.54, 1.807) is 6.07 Å². The number of rotatable bonds is 2. The number of nitriles is 1. The average Bonchev–Trinajstić information content (AvgIpc) is 2.64. The third kappa shape index (κ3) is 2.55. The zero-order valence-electron chi connectivity index (χ0n) is 8.82. The summed E-state index contributed by atoms with van der Waals surface area (Å²) < 4.78 is 6.74. The second-order valence-corrected chi connectivity index (χ2v) is 4.98. The van der Waals surface area contributed by atoms with Crippen LogP contribution in [0.1, 0.15) is 24.8 Å². The molecule has 0 aromatic heterocycles. The van der Waals surface area contributed by atoms with Crippen LogP contribution in [-0.4, -0.2) is 12.1 Å². The number of ether oxygens (including phenoxy) is 1. The maximum absolute atomic E-state index is 8.97. The summed E-state index contributed by atoms with van der Waals surface area (Å²) in [5, 5.41) is 8.97. The molecule has 2 rings (SSSR count). The van der Waals surface area contributed by atoms with Crippen LogP contribution < -0.4 is 10.5 Å². The van der Waals surface area contributed by atoms with Crippen LogP contribution >= 0.6 is 15.9 Å². The standard InChI is InChI=1S/C12H13BrN2O/c13-9-2-1-8(7-14)12(5-9)16-11-4-3-10(15)6-11/h1-2,5,10-11H,3-4,6,15H2. The van der Waals surface area contributed by atoms with Crippen molar-refractivity contribution in [3.63, 3.8) is 0 Å². The second-order valence-electron chi connectivity index (χ2n) is 4.07. The van der Waals surface area contributed by atoms with Crippen molar-refractivity contribution < 1.29 is 4.74 Å². The maximum atomic E-state index is 8.97. The number of nitrogens with zero attached hydrogens (tertiary/aromatic N) is 1. The van der Waals surface area contributed by atoms with Crippen molar-refractivity contribution in [2.45, 2.75) is 31.4 Å². The van der Waals surface area contributed by atoms with Crippen molar-refractivity contribution in [3.8, 4) is 11.8 Å². The molecule has 3 nitrogen and oxygen atoms in total. The molecule has 2 atom stereocenters. The number of benzene rings is 1. The largest absolute Gasteiger partial charge is 0.489 e. The van der Waals surface area contributed by atoms with E-state index in [0.717, 1.165) is 23.7 Å². The monoisotopic (exact) mass is 280 g/mol. The normalized spacial score (nSPS) is 24.1. The molecule has 2 unspecified atom stereocenters. The van der Waals surface area contributed by atoms with Crippen molar-refractivity contribution >= 4 is 15.9 Å². The van der Waals surface area contributed by atoms with Gasteiger partial charge in [-0.2, -0.15) is 5.26 Å². The van der Waals surface area contributed by atoms with Crippen LogP contribution in [0.2, 0.25) is 0 Å². The first kappa shape index (κ1) is 11.4. The van der Waals surface area contributed by atoms with Gasteiger partial charge in [0.05, 0.1) is 5.56 Å². The Morgan fingerprint density at radius 3 is 2.88 bits per heavy atom. The van der Waals surface area contributed by atoms with Gasteiger partial charge < -0.3 is 10.5 Å². The lowest BCUT2D eigenvalue weighted by Gasteiger charge is -2.14. The molecular weight excluding hydrogens is 268 g/mol. The van der Waals surface area contributed by atoms with Gasteiger partial charge in [-0.15, -0.1) is 0 Å². The van der Waals surface area contributed by atoms with E-state index in [0.29, 0.717) is 11.3 Å². The van der Waals surface area contributed by atoms with Gasteiger partial charge in [-0.05, 0) is 37.5 Å². The molecular formula is C12H13BrN2O. The molecule has 0 bridgehead atoms. The van der Waals surface area contributed by atoms with E-state index < -0.39 is 0 Å². The predicted octanol–water partition coefficient (Wildman–Crippen LogP) is 2.58. The molecule has 1 aliphatic rings. The Hall–Kier alpha value is -1.05.